The molecule has 0 amide bonds. The van der Waals surface area contributed by atoms with E-state index in [1.807, 2.05) is 19.3 Å². The molecule has 1 heterocycles. The average molecular weight is 221 g/mol. The van der Waals surface area contributed by atoms with Crippen LogP contribution in [0.2, 0.25) is 0 Å². The van der Waals surface area contributed by atoms with Gasteiger partial charge < -0.3 is 5.32 Å². The highest BCUT2D eigenvalue weighted by molar-refractivity contribution is 5.05. The topological polar surface area (TPSA) is 37.8 Å². The van der Waals surface area contributed by atoms with E-state index in [0.29, 0.717) is 5.92 Å². The van der Waals surface area contributed by atoms with Crippen molar-refractivity contribution in [2.24, 2.45) is 5.92 Å². The Bertz CT molecular complexity index is 295. The second-order valence-electron chi connectivity index (χ2n) is 4.44. The molecule has 3 heteroatoms. The Labute approximate surface area is 98.7 Å². The van der Waals surface area contributed by atoms with Crippen LogP contribution in [0.15, 0.2) is 12.4 Å². The van der Waals surface area contributed by atoms with Gasteiger partial charge in [0.1, 0.15) is 5.82 Å². The third-order valence-electron chi connectivity index (χ3n) is 2.91. The minimum absolute atomic E-state index is 0.283. The van der Waals surface area contributed by atoms with Crippen molar-refractivity contribution in [2.75, 3.05) is 6.54 Å². The molecule has 0 bridgehead atoms. The Balaban J connectivity index is 2.78. The van der Waals surface area contributed by atoms with E-state index in [-0.39, 0.29) is 6.04 Å². The zero-order valence-corrected chi connectivity index (χ0v) is 10.8. The lowest BCUT2D eigenvalue weighted by Gasteiger charge is -2.22. The van der Waals surface area contributed by atoms with Crippen LogP contribution in [0.4, 0.5) is 0 Å². The van der Waals surface area contributed by atoms with Crippen LogP contribution in [0.3, 0.4) is 0 Å². The number of nitrogens with one attached hydrogen (secondary N) is 1. The maximum Gasteiger partial charge on any atom is 0.145 e. The molecule has 90 valence electrons. The first-order valence-electron chi connectivity index (χ1n) is 6.21. The highest BCUT2D eigenvalue weighted by atomic mass is 15.0. The highest BCUT2D eigenvalue weighted by Crippen LogP contribution is 2.21. The number of rotatable bonds is 6. The number of hydrogen-bond acceptors (Lipinski definition) is 3. The molecule has 0 spiro atoms. The lowest BCUT2D eigenvalue weighted by atomic mass is 9.98. The molecule has 0 aliphatic carbocycles. The molecule has 0 radical (unpaired) electrons. The summed E-state index contributed by atoms with van der Waals surface area (Å²) in [6.07, 6.45) is 6.06. The summed E-state index contributed by atoms with van der Waals surface area (Å²) in [7, 11) is 0. The van der Waals surface area contributed by atoms with E-state index in [9.17, 15) is 0 Å². The summed E-state index contributed by atoms with van der Waals surface area (Å²) >= 11 is 0. The van der Waals surface area contributed by atoms with Gasteiger partial charge in [-0.25, -0.2) is 9.97 Å². The van der Waals surface area contributed by atoms with Gasteiger partial charge in [0.15, 0.2) is 0 Å². The lowest BCUT2D eigenvalue weighted by molar-refractivity contribution is 0.362. The van der Waals surface area contributed by atoms with Crippen LogP contribution in [0.25, 0.3) is 0 Å². The van der Waals surface area contributed by atoms with Crippen LogP contribution in [0.1, 0.15) is 51.0 Å². The van der Waals surface area contributed by atoms with E-state index in [0.717, 1.165) is 30.8 Å². The van der Waals surface area contributed by atoms with E-state index >= 15 is 0 Å². The van der Waals surface area contributed by atoms with Gasteiger partial charge in [-0.05, 0) is 31.4 Å². The van der Waals surface area contributed by atoms with E-state index < -0.39 is 0 Å². The van der Waals surface area contributed by atoms with Gasteiger partial charge in [0, 0.05) is 12.4 Å². The minimum Gasteiger partial charge on any atom is -0.307 e. The van der Waals surface area contributed by atoms with Crippen molar-refractivity contribution in [3.63, 3.8) is 0 Å². The zero-order chi connectivity index (χ0) is 12.0. The van der Waals surface area contributed by atoms with Crippen LogP contribution in [0, 0.1) is 12.8 Å². The average Bonchev–Trinajstić information content (AvgIpc) is 2.31. The fourth-order valence-corrected chi connectivity index (χ4v) is 1.65. The summed E-state index contributed by atoms with van der Waals surface area (Å²) in [6, 6.07) is 0.283. The second-order valence-corrected chi connectivity index (χ2v) is 4.44. The van der Waals surface area contributed by atoms with Crippen molar-refractivity contribution >= 4 is 0 Å². The Kier molecular flexibility index (Phi) is 5.39. The molecule has 0 saturated heterocycles. The predicted molar refractivity (Wildman–Crippen MR) is 67.3 cm³/mol. The van der Waals surface area contributed by atoms with Gasteiger partial charge in [-0.1, -0.05) is 27.2 Å². The molecule has 1 rings (SSSR count). The summed E-state index contributed by atoms with van der Waals surface area (Å²) < 4.78 is 0. The van der Waals surface area contributed by atoms with Gasteiger partial charge in [0.2, 0.25) is 0 Å². The number of hydrogen-bond donors (Lipinski definition) is 1. The summed E-state index contributed by atoms with van der Waals surface area (Å²) in [4.78, 5) is 8.85. The molecule has 1 N–H and O–H groups in total. The monoisotopic (exact) mass is 221 g/mol. The van der Waals surface area contributed by atoms with Gasteiger partial charge in [-0.15, -0.1) is 0 Å². The molecule has 1 aromatic heterocycles. The number of aromatic nitrogens is 2. The third kappa shape index (κ3) is 3.56. The van der Waals surface area contributed by atoms with Crippen molar-refractivity contribution in [3.8, 4) is 0 Å². The molecule has 0 saturated carbocycles. The Morgan fingerprint density at radius 3 is 2.38 bits per heavy atom. The smallest absolute Gasteiger partial charge is 0.145 e. The maximum absolute atomic E-state index is 4.43. The second kappa shape index (κ2) is 6.59. The zero-order valence-electron chi connectivity index (χ0n) is 10.8. The summed E-state index contributed by atoms with van der Waals surface area (Å²) in [6.45, 7) is 9.67. The Morgan fingerprint density at radius 1 is 1.25 bits per heavy atom. The van der Waals surface area contributed by atoms with Crippen molar-refractivity contribution in [3.05, 3.63) is 23.8 Å². The van der Waals surface area contributed by atoms with Crippen LogP contribution in [-0.2, 0) is 0 Å². The number of aryl methyl sites for hydroxylation is 1. The fraction of sp³-hybridized carbons (Fsp3) is 0.692. The first kappa shape index (κ1) is 13.1. The highest BCUT2D eigenvalue weighted by Gasteiger charge is 2.19. The molecular weight excluding hydrogens is 198 g/mol. The van der Waals surface area contributed by atoms with Crippen LogP contribution in [0.5, 0.6) is 0 Å². The van der Waals surface area contributed by atoms with E-state index in [1.54, 1.807) is 0 Å². The molecule has 0 aliphatic heterocycles. The van der Waals surface area contributed by atoms with Gasteiger partial charge in [-0.2, -0.15) is 0 Å². The Hall–Kier alpha value is -0.960. The van der Waals surface area contributed by atoms with Gasteiger partial charge in [0.25, 0.3) is 0 Å². The largest absolute Gasteiger partial charge is 0.307 e. The Morgan fingerprint density at radius 2 is 1.88 bits per heavy atom. The van der Waals surface area contributed by atoms with Crippen LogP contribution >= 0.6 is 0 Å². The van der Waals surface area contributed by atoms with Crippen molar-refractivity contribution in [1.29, 1.82) is 0 Å². The number of nitrogens with zero attached hydrogens (tertiary/aromatic N) is 2. The minimum atomic E-state index is 0.283. The normalized spacial score (nSPS) is 14.8. The van der Waals surface area contributed by atoms with Crippen molar-refractivity contribution in [2.45, 2.75) is 46.6 Å². The van der Waals surface area contributed by atoms with Crippen LogP contribution < -0.4 is 5.32 Å². The summed E-state index contributed by atoms with van der Waals surface area (Å²) in [5.74, 6) is 1.49. The molecule has 3 nitrogen and oxygen atoms in total. The molecule has 0 aromatic carbocycles. The van der Waals surface area contributed by atoms with Crippen molar-refractivity contribution < 1.29 is 0 Å². The van der Waals surface area contributed by atoms with Crippen molar-refractivity contribution in [1.82, 2.24) is 15.3 Å². The molecule has 2 unspecified atom stereocenters. The van der Waals surface area contributed by atoms with Gasteiger partial charge in [-0.3, -0.25) is 0 Å². The SMILES string of the molecule is CCCNC(c1ncc(C)cn1)C(C)CC. The van der Waals surface area contributed by atoms with E-state index in [2.05, 4.69) is 36.1 Å². The molecule has 2 atom stereocenters. The fourth-order valence-electron chi connectivity index (χ4n) is 1.65. The predicted octanol–water partition coefficient (Wildman–Crippen LogP) is 2.87. The first-order valence-corrected chi connectivity index (χ1v) is 6.21. The van der Waals surface area contributed by atoms with E-state index in [4.69, 9.17) is 0 Å². The molecule has 0 fully saturated rings. The van der Waals surface area contributed by atoms with Gasteiger partial charge >= 0.3 is 0 Å². The third-order valence-corrected chi connectivity index (χ3v) is 2.91. The van der Waals surface area contributed by atoms with E-state index in [1.165, 1.54) is 0 Å². The van der Waals surface area contributed by atoms with Crippen LogP contribution in [-0.4, -0.2) is 16.5 Å². The first-order chi connectivity index (χ1) is 7.69. The lowest BCUT2D eigenvalue weighted by Crippen LogP contribution is -2.29. The standard InChI is InChI=1S/C13H23N3/c1-5-7-14-12(11(4)6-2)13-15-8-10(3)9-16-13/h8-9,11-12,14H,5-7H2,1-4H3. The summed E-state index contributed by atoms with van der Waals surface area (Å²) in [5, 5.41) is 3.53. The molecule has 1 aromatic rings. The molecule has 16 heavy (non-hydrogen) atoms. The summed E-state index contributed by atoms with van der Waals surface area (Å²) in [5.41, 5.74) is 1.11. The molecular formula is C13H23N3. The quantitative estimate of drug-likeness (QED) is 0.802. The maximum atomic E-state index is 4.43. The van der Waals surface area contributed by atoms with Gasteiger partial charge in [0.05, 0.1) is 6.04 Å². The molecule has 0 aliphatic rings.